The molecule has 0 bridgehead atoms. The molecule has 11 heteroatoms. The zero-order valence-corrected chi connectivity index (χ0v) is 14.1. The summed E-state index contributed by atoms with van der Waals surface area (Å²) in [5.74, 6) is -3.50. The van der Waals surface area contributed by atoms with Crippen molar-refractivity contribution in [2.75, 3.05) is 0 Å². The standard InChI is InChI=1S/C16H16F4N4O3/c1-2-3-7-11(15(26)27)21-14(25)12-13(16(18,19)20)24(23-22-12)10-6-4-5-9(17)8-10/h4-6,8,11H,2-3,7H2,1H3,(H,21,25)(H,26,27)/t11-/m0/s1. The van der Waals surface area contributed by atoms with Crippen LogP contribution in [0.4, 0.5) is 17.6 Å². The summed E-state index contributed by atoms with van der Waals surface area (Å²) < 4.78 is 54.1. The molecule has 0 aliphatic rings. The molecule has 2 N–H and O–H groups in total. The van der Waals surface area contributed by atoms with E-state index in [2.05, 4.69) is 10.3 Å². The van der Waals surface area contributed by atoms with E-state index in [0.29, 0.717) is 17.5 Å². The predicted octanol–water partition coefficient (Wildman–Crippen LogP) is 2.80. The van der Waals surface area contributed by atoms with Gasteiger partial charge in [0.2, 0.25) is 0 Å². The fraction of sp³-hybridized carbons (Fsp3) is 0.375. The van der Waals surface area contributed by atoms with Crippen molar-refractivity contribution in [3.05, 3.63) is 41.5 Å². The number of nitrogens with one attached hydrogen (secondary N) is 1. The van der Waals surface area contributed by atoms with Gasteiger partial charge in [-0.2, -0.15) is 13.2 Å². The SMILES string of the molecule is CCCC[C@H](NC(=O)c1nnn(-c2cccc(F)c2)c1C(F)(F)F)C(=O)O. The molecule has 0 saturated heterocycles. The highest BCUT2D eigenvalue weighted by Crippen LogP contribution is 2.32. The molecule has 1 heterocycles. The number of amides is 1. The highest BCUT2D eigenvalue weighted by molar-refractivity contribution is 5.96. The van der Waals surface area contributed by atoms with Crippen LogP contribution in [-0.2, 0) is 11.0 Å². The van der Waals surface area contributed by atoms with Crippen molar-refractivity contribution >= 4 is 11.9 Å². The number of carbonyl (C=O) groups excluding carboxylic acids is 1. The minimum absolute atomic E-state index is 0.0525. The molecule has 2 rings (SSSR count). The molecule has 0 aliphatic carbocycles. The number of benzene rings is 1. The van der Waals surface area contributed by atoms with Gasteiger partial charge in [-0.05, 0) is 24.6 Å². The molecule has 0 radical (unpaired) electrons. The normalized spacial score (nSPS) is 12.6. The summed E-state index contributed by atoms with van der Waals surface area (Å²) in [4.78, 5) is 23.4. The topological polar surface area (TPSA) is 97.1 Å². The molecule has 0 spiro atoms. The van der Waals surface area contributed by atoms with Gasteiger partial charge >= 0.3 is 12.1 Å². The van der Waals surface area contributed by atoms with E-state index in [1.807, 2.05) is 5.32 Å². The van der Waals surface area contributed by atoms with Gasteiger partial charge in [-0.3, -0.25) is 4.79 Å². The van der Waals surface area contributed by atoms with Crippen LogP contribution in [-0.4, -0.2) is 38.0 Å². The van der Waals surface area contributed by atoms with Crippen LogP contribution >= 0.6 is 0 Å². The Kier molecular flexibility index (Phi) is 6.13. The summed E-state index contributed by atoms with van der Waals surface area (Å²) in [6.07, 6.45) is -3.88. The van der Waals surface area contributed by atoms with Crippen LogP contribution in [0.2, 0.25) is 0 Å². The number of aromatic nitrogens is 3. The second-order valence-corrected chi connectivity index (χ2v) is 5.68. The predicted molar refractivity (Wildman–Crippen MR) is 84.7 cm³/mol. The fourth-order valence-electron chi connectivity index (χ4n) is 2.37. The summed E-state index contributed by atoms with van der Waals surface area (Å²) in [6.45, 7) is 1.80. The summed E-state index contributed by atoms with van der Waals surface area (Å²) in [5, 5.41) is 17.7. The average Bonchev–Trinajstić information content (AvgIpc) is 3.03. The van der Waals surface area contributed by atoms with Crippen molar-refractivity contribution in [3.63, 3.8) is 0 Å². The molecule has 1 atom stereocenters. The third kappa shape index (κ3) is 4.80. The van der Waals surface area contributed by atoms with Crippen LogP contribution in [0, 0.1) is 5.82 Å². The molecule has 1 aromatic carbocycles. The Balaban J connectivity index is 2.42. The number of rotatable bonds is 7. The van der Waals surface area contributed by atoms with Gasteiger partial charge in [-0.25, -0.2) is 13.9 Å². The third-order valence-electron chi connectivity index (χ3n) is 3.66. The lowest BCUT2D eigenvalue weighted by atomic mass is 10.1. The molecule has 0 saturated carbocycles. The first-order valence-corrected chi connectivity index (χ1v) is 7.97. The molecule has 146 valence electrons. The molecular formula is C16H16F4N4O3. The maximum Gasteiger partial charge on any atom is 0.435 e. The number of hydrogen-bond acceptors (Lipinski definition) is 4. The fourth-order valence-corrected chi connectivity index (χ4v) is 2.37. The van der Waals surface area contributed by atoms with E-state index >= 15 is 0 Å². The lowest BCUT2D eigenvalue weighted by Crippen LogP contribution is -2.41. The van der Waals surface area contributed by atoms with E-state index < -0.39 is 41.3 Å². The second kappa shape index (κ2) is 8.14. The van der Waals surface area contributed by atoms with E-state index in [4.69, 9.17) is 5.11 Å². The van der Waals surface area contributed by atoms with Crippen molar-refractivity contribution in [1.29, 1.82) is 0 Å². The van der Waals surface area contributed by atoms with Gasteiger partial charge in [-0.15, -0.1) is 5.10 Å². The molecule has 27 heavy (non-hydrogen) atoms. The Morgan fingerprint density at radius 1 is 1.33 bits per heavy atom. The van der Waals surface area contributed by atoms with Gasteiger partial charge in [-0.1, -0.05) is 31.0 Å². The maximum atomic E-state index is 13.5. The largest absolute Gasteiger partial charge is 0.480 e. The number of nitrogens with zero attached hydrogens (tertiary/aromatic N) is 3. The van der Waals surface area contributed by atoms with E-state index in [-0.39, 0.29) is 12.1 Å². The minimum Gasteiger partial charge on any atom is -0.480 e. The Morgan fingerprint density at radius 3 is 2.59 bits per heavy atom. The smallest absolute Gasteiger partial charge is 0.435 e. The first kappa shape index (κ1) is 20.3. The molecule has 7 nitrogen and oxygen atoms in total. The monoisotopic (exact) mass is 388 g/mol. The first-order chi connectivity index (χ1) is 12.6. The number of hydrogen-bond donors (Lipinski definition) is 2. The lowest BCUT2D eigenvalue weighted by Gasteiger charge is -2.15. The van der Waals surface area contributed by atoms with E-state index in [9.17, 15) is 27.2 Å². The van der Waals surface area contributed by atoms with Crippen LogP contribution in [0.25, 0.3) is 5.69 Å². The van der Waals surface area contributed by atoms with Gasteiger partial charge in [0.15, 0.2) is 11.4 Å². The number of halogens is 4. The van der Waals surface area contributed by atoms with Crippen molar-refractivity contribution in [3.8, 4) is 5.69 Å². The van der Waals surface area contributed by atoms with E-state index in [0.717, 1.165) is 18.2 Å². The van der Waals surface area contributed by atoms with Crippen LogP contribution in [0.1, 0.15) is 42.4 Å². The van der Waals surface area contributed by atoms with E-state index in [1.54, 1.807) is 6.92 Å². The van der Waals surface area contributed by atoms with Gasteiger partial charge in [0, 0.05) is 0 Å². The van der Waals surface area contributed by atoms with Crippen LogP contribution in [0.5, 0.6) is 0 Å². The molecule has 0 fully saturated rings. The number of alkyl halides is 3. The Hall–Kier alpha value is -2.98. The van der Waals surface area contributed by atoms with Gasteiger partial charge in [0.1, 0.15) is 11.9 Å². The molecule has 1 amide bonds. The lowest BCUT2D eigenvalue weighted by molar-refractivity contribution is -0.143. The van der Waals surface area contributed by atoms with Crippen LogP contribution < -0.4 is 5.32 Å². The number of carboxylic acid groups (broad SMARTS) is 1. The molecule has 1 aromatic heterocycles. The summed E-state index contributed by atoms with van der Waals surface area (Å²) in [6, 6.07) is 2.81. The number of carboxylic acids is 1. The quantitative estimate of drug-likeness (QED) is 0.711. The number of carbonyl (C=O) groups is 2. The zero-order valence-electron chi connectivity index (χ0n) is 14.1. The van der Waals surface area contributed by atoms with Crippen molar-refractivity contribution in [2.24, 2.45) is 0 Å². The van der Waals surface area contributed by atoms with Gasteiger partial charge in [0.05, 0.1) is 5.69 Å². The van der Waals surface area contributed by atoms with E-state index in [1.165, 1.54) is 6.07 Å². The second-order valence-electron chi connectivity index (χ2n) is 5.68. The highest BCUT2D eigenvalue weighted by atomic mass is 19.4. The molecule has 2 aromatic rings. The minimum atomic E-state index is -5.04. The summed E-state index contributed by atoms with van der Waals surface area (Å²) >= 11 is 0. The third-order valence-corrected chi connectivity index (χ3v) is 3.66. The van der Waals surface area contributed by atoms with Crippen LogP contribution in [0.3, 0.4) is 0 Å². The summed E-state index contributed by atoms with van der Waals surface area (Å²) in [5.41, 5.74) is -2.89. The van der Waals surface area contributed by atoms with Gasteiger partial charge < -0.3 is 10.4 Å². The van der Waals surface area contributed by atoms with Crippen molar-refractivity contribution in [2.45, 2.75) is 38.4 Å². The number of unbranched alkanes of at least 4 members (excludes halogenated alkanes) is 1. The van der Waals surface area contributed by atoms with Gasteiger partial charge in [0.25, 0.3) is 5.91 Å². The van der Waals surface area contributed by atoms with Crippen molar-refractivity contribution in [1.82, 2.24) is 20.3 Å². The Morgan fingerprint density at radius 2 is 2.04 bits per heavy atom. The Labute approximate surface area is 151 Å². The zero-order chi connectivity index (χ0) is 20.2. The molecule has 0 unspecified atom stereocenters. The molecular weight excluding hydrogens is 372 g/mol. The summed E-state index contributed by atoms with van der Waals surface area (Å²) in [7, 11) is 0. The van der Waals surface area contributed by atoms with Crippen LogP contribution in [0.15, 0.2) is 24.3 Å². The number of aliphatic carboxylic acids is 1. The maximum absolute atomic E-state index is 13.5. The first-order valence-electron chi connectivity index (χ1n) is 7.97. The highest BCUT2D eigenvalue weighted by Gasteiger charge is 2.42. The van der Waals surface area contributed by atoms with Crippen molar-refractivity contribution < 1.29 is 32.3 Å². The molecule has 0 aliphatic heterocycles. The average molecular weight is 388 g/mol. The Bertz CT molecular complexity index is 835.